The molecule has 78 valence electrons. The van der Waals surface area contributed by atoms with Crippen LogP contribution in [-0.2, 0) is 4.79 Å². The number of rotatable bonds is 1. The van der Waals surface area contributed by atoms with E-state index in [4.69, 9.17) is 5.73 Å². The molecule has 3 amide bonds. The van der Waals surface area contributed by atoms with Gasteiger partial charge in [-0.3, -0.25) is 4.79 Å². The van der Waals surface area contributed by atoms with Crippen molar-refractivity contribution in [3.63, 3.8) is 0 Å². The molecule has 0 bridgehead atoms. The summed E-state index contributed by atoms with van der Waals surface area (Å²) >= 11 is 0. The number of carbonyl (C=O) groups excluding carboxylic acids is 2. The first-order valence-electron chi connectivity index (χ1n) is 4.25. The quantitative estimate of drug-likeness (QED) is 0.521. The largest absolute Gasteiger partial charge is 0.396 e. The normalized spacial score (nSPS) is 15.7. The second-order valence-corrected chi connectivity index (χ2v) is 3.09. The molecule has 1 aliphatic rings. The van der Waals surface area contributed by atoms with E-state index in [0.29, 0.717) is 0 Å². The van der Waals surface area contributed by atoms with Crippen molar-refractivity contribution in [2.45, 2.75) is 0 Å². The number of benzene rings is 1. The summed E-state index contributed by atoms with van der Waals surface area (Å²) in [6.45, 7) is -0.0647. The number of hydrogen-bond acceptors (Lipinski definition) is 3. The van der Waals surface area contributed by atoms with Gasteiger partial charge in [-0.15, -0.1) is 0 Å². The minimum atomic E-state index is -0.653. The van der Waals surface area contributed by atoms with Crippen molar-refractivity contribution in [2.75, 3.05) is 17.2 Å². The van der Waals surface area contributed by atoms with Gasteiger partial charge in [0.05, 0.1) is 17.9 Å². The van der Waals surface area contributed by atoms with Crippen LogP contribution in [0.15, 0.2) is 18.2 Å². The van der Waals surface area contributed by atoms with Crippen molar-refractivity contribution in [1.29, 1.82) is 0 Å². The molecule has 0 atom stereocenters. The zero-order valence-electron chi connectivity index (χ0n) is 7.66. The molecule has 1 saturated heterocycles. The number of halogens is 1. The lowest BCUT2D eigenvalue weighted by Crippen LogP contribution is -2.30. The van der Waals surface area contributed by atoms with Crippen LogP contribution >= 0.6 is 0 Å². The average Bonchev–Trinajstić information content (AvgIpc) is 2.52. The van der Waals surface area contributed by atoms with E-state index in [-0.39, 0.29) is 17.9 Å². The van der Waals surface area contributed by atoms with Crippen LogP contribution in [0.1, 0.15) is 0 Å². The van der Waals surface area contributed by atoms with Crippen LogP contribution in [0, 0.1) is 5.82 Å². The second kappa shape index (κ2) is 3.23. The summed E-state index contributed by atoms with van der Waals surface area (Å²) in [5.74, 6) is -1.07. The van der Waals surface area contributed by atoms with Crippen LogP contribution in [0.2, 0.25) is 0 Å². The molecule has 0 saturated carbocycles. The summed E-state index contributed by atoms with van der Waals surface area (Å²) in [6, 6.07) is 3.23. The monoisotopic (exact) mass is 209 g/mol. The lowest BCUT2D eigenvalue weighted by atomic mass is 10.2. The molecule has 15 heavy (non-hydrogen) atoms. The number of urea groups is 1. The van der Waals surface area contributed by atoms with E-state index in [1.807, 2.05) is 0 Å². The fourth-order valence-electron chi connectivity index (χ4n) is 1.34. The fraction of sp³-hybridized carbons (Fsp3) is 0.111. The van der Waals surface area contributed by atoms with Gasteiger partial charge in [-0.05, 0) is 12.1 Å². The Balaban J connectivity index is 2.41. The standard InChI is InChI=1S/C9H8FN3O2/c10-6-3-5(1-2-7(6)11)13-8(14)4-12-9(13)15/h1-3H,4,11H2,(H,12,15). The third-order valence-electron chi connectivity index (χ3n) is 2.09. The van der Waals surface area contributed by atoms with Gasteiger partial charge in [0.25, 0.3) is 5.91 Å². The minimum Gasteiger partial charge on any atom is -0.396 e. The van der Waals surface area contributed by atoms with Crippen molar-refractivity contribution in [3.05, 3.63) is 24.0 Å². The number of nitrogens with two attached hydrogens (primary N) is 1. The molecule has 5 nitrogen and oxygen atoms in total. The highest BCUT2D eigenvalue weighted by atomic mass is 19.1. The summed E-state index contributed by atoms with van der Waals surface area (Å²) in [6.07, 6.45) is 0. The second-order valence-electron chi connectivity index (χ2n) is 3.09. The Kier molecular flexibility index (Phi) is 2.03. The number of nitrogens with zero attached hydrogens (tertiary/aromatic N) is 1. The van der Waals surface area contributed by atoms with E-state index < -0.39 is 17.8 Å². The number of imide groups is 1. The van der Waals surface area contributed by atoms with Gasteiger partial charge in [-0.2, -0.15) is 0 Å². The van der Waals surface area contributed by atoms with Gasteiger partial charge in [0.15, 0.2) is 0 Å². The highest BCUT2D eigenvalue weighted by Crippen LogP contribution is 2.21. The number of amides is 3. The van der Waals surface area contributed by atoms with Gasteiger partial charge in [0.2, 0.25) is 0 Å². The molecule has 0 aromatic heterocycles. The van der Waals surface area contributed by atoms with Crippen molar-refractivity contribution >= 4 is 23.3 Å². The minimum absolute atomic E-state index is 0.0224. The summed E-state index contributed by atoms with van der Waals surface area (Å²) in [5, 5.41) is 2.34. The van der Waals surface area contributed by atoms with Crippen LogP contribution in [0.5, 0.6) is 0 Å². The maximum Gasteiger partial charge on any atom is 0.329 e. The first-order valence-corrected chi connectivity index (χ1v) is 4.25. The van der Waals surface area contributed by atoms with E-state index in [0.717, 1.165) is 11.0 Å². The van der Waals surface area contributed by atoms with Crippen LogP contribution in [0.4, 0.5) is 20.6 Å². The van der Waals surface area contributed by atoms with Crippen molar-refractivity contribution in [2.24, 2.45) is 0 Å². The number of nitrogen functional groups attached to an aromatic ring is 1. The van der Waals surface area contributed by atoms with E-state index >= 15 is 0 Å². The van der Waals surface area contributed by atoms with E-state index in [1.165, 1.54) is 12.1 Å². The average molecular weight is 209 g/mol. The molecule has 0 unspecified atom stereocenters. The molecule has 1 aliphatic heterocycles. The van der Waals surface area contributed by atoms with Crippen molar-refractivity contribution < 1.29 is 14.0 Å². The van der Waals surface area contributed by atoms with E-state index in [1.54, 1.807) is 0 Å². The lowest BCUT2D eigenvalue weighted by Gasteiger charge is -2.12. The predicted octanol–water partition coefficient (Wildman–Crippen LogP) is 0.464. The summed E-state index contributed by atoms with van der Waals surface area (Å²) in [4.78, 5) is 23.4. The highest BCUT2D eigenvalue weighted by Gasteiger charge is 2.30. The van der Waals surface area contributed by atoms with Gasteiger partial charge in [0.1, 0.15) is 5.82 Å². The first-order chi connectivity index (χ1) is 7.09. The number of carbonyl (C=O) groups is 2. The van der Waals surface area contributed by atoms with Gasteiger partial charge in [0, 0.05) is 6.07 Å². The topological polar surface area (TPSA) is 75.4 Å². The molecule has 6 heteroatoms. The smallest absolute Gasteiger partial charge is 0.329 e. The van der Waals surface area contributed by atoms with E-state index in [9.17, 15) is 14.0 Å². The lowest BCUT2D eigenvalue weighted by molar-refractivity contribution is -0.115. The van der Waals surface area contributed by atoms with Crippen LogP contribution in [0.25, 0.3) is 0 Å². The van der Waals surface area contributed by atoms with Crippen LogP contribution in [-0.4, -0.2) is 18.5 Å². The Labute approximate surface area is 84.7 Å². The molecule has 1 heterocycles. The van der Waals surface area contributed by atoms with Gasteiger partial charge in [-0.1, -0.05) is 0 Å². The van der Waals surface area contributed by atoms with Crippen LogP contribution in [0.3, 0.4) is 0 Å². The maximum atomic E-state index is 13.1. The predicted molar refractivity (Wildman–Crippen MR) is 51.7 cm³/mol. The fourth-order valence-corrected chi connectivity index (χ4v) is 1.34. The molecule has 2 rings (SSSR count). The summed E-state index contributed by atoms with van der Waals surface area (Å²) in [7, 11) is 0. The summed E-state index contributed by atoms with van der Waals surface area (Å²) < 4.78 is 13.1. The van der Waals surface area contributed by atoms with Crippen LogP contribution < -0.4 is 16.0 Å². The SMILES string of the molecule is Nc1ccc(N2C(=O)CNC2=O)cc1F. The molecule has 3 N–H and O–H groups in total. The van der Waals surface area contributed by atoms with Crippen molar-refractivity contribution in [1.82, 2.24) is 5.32 Å². The number of hydrogen-bond donors (Lipinski definition) is 2. The van der Waals surface area contributed by atoms with Gasteiger partial charge >= 0.3 is 6.03 Å². The molecule has 0 radical (unpaired) electrons. The highest BCUT2D eigenvalue weighted by molar-refractivity contribution is 6.19. The zero-order chi connectivity index (χ0) is 11.0. The first kappa shape index (κ1) is 9.45. The Morgan fingerprint density at radius 1 is 1.40 bits per heavy atom. The van der Waals surface area contributed by atoms with Gasteiger partial charge < -0.3 is 11.1 Å². The molecule has 1 fully saturated rings. The zero-order valence-corrected chi connectivity index (χ0v) is 7.66. The molecule has 1 aromatic carbocycles. The molecule has 0 spiro atoms. The van der Waals surface area contributed by atoms with Crippen molar-refractivity contribution in [3.8, 4) is 0 Å². The number of nitrogens with one attached hydrogen (secondary N) is 1. The number of anilines is 2. The Morgan fingerprint density at radius 3 is 2.67 bits per heavy atom. The maximum absolute atomic E-state index is 13.1. The third kappa shape index (κ3) is 1.50. The molecular formula is C9H8FN3O2. The molecule has 0 aliphatic carbocycles. The third-order valence-corrected chi connectivity index (χ3v) is 2.09. The Hall–Kier alpha value is -2.11. The summed E-state index contributed by atoms with van der Waals surface area (Å²) in [5.41, 5.74) is 5.44. The molecule has 1 aromatic rings. The van der Waals surface area contributed by atoms with E-state index in [2.05, 4.69) is 5.32 Å². The Bertz CT molecular complexity index is 431. The van der Waals surface area contributed by atoms with Gasteiger partial charge in [-0.25, -0.2) is 14.1 Å². The Morgan fingerprint density at radius 2 is 2.13 bits per heavy atom. The molecular weight excluding hydrogens is 201 g/mol.